The first-order valence-electron chi connectivity index (χ1n) is 13.0. The van der Waals surface area contributed by atoms with Crippen molar-refractivity contribution in [1.82, 2.24) is 24.9 Å². The molecule has 9 heteroatoms. The van der Waals surface area contributed by atoms with Gasteiger partial charge in [-0.15, -0.1) is 0 Å². The summed E-state index contributed by atoms with van der Waals surface area (Å²) >= 11 is 0. The molecule has 1 N–H and O–H groups in total. The van der Waals surface area contributed by atoms with Gasteiger partial charge in [0.05, 0.1) is 24.9 Å². The molecule has 1 spiro atoms. The highest BCUT2D eigenvalue weighted by Crippen LogP contribution is 2.49. The number of carbonyl (C=O) groups is 3. The fraction of sp³-hybridized carbons (Fsp3) is 0.429. The van der Waals surface area contributed by atoms with Crippen molar-refractivity contribution >= 4 is 28.6 Å². The van der Waals surface area contributed by atoms with Crippen LogP contribution in [0.1, 0.15) is 52.7 Å². The summed E-state index contributed by atoms with van der Waals surface area (Å²) in [6.45, 7) is 3.84. The number of fused-ring (bicyclic) bond motifs is 5. The lowest BCUT2D eigenvalue weighted by Gasteiger charge is -2.38. The van der Waals surface area contributed by atoms with E-state index in [2.05, 4.69) is 39.6 Å². The summed E-state index contributed by atoms with van der Waals surface area (Å²) in [4.78, 5) is 41.3. The SMILES string of the molecule is Cn1ncc2cc(CN3CCC4(CC3)COc3c4ccc4c3CN(C3CCC(=O)NC3=O)C4=O)ccc21. The highest BCUT2D eigenvalue weighted by atomic mass is 16.5. The van der Waals surface area contributed by atoms with Crippen molar-refractivity contribution in [3.63, 3.8) is 0 Å². The molecular formula is C28H29N5O4. The maximum Gasteiger partial charge on any atom is 0.255 e. The number of amides is 3. The summed E-state index contributed by atoms with van der Waals surface area (Å²) in [5.41, 5.74) is 5.09. The average molecular weight is 500 g/mol. The second kappa shape index (κ2) is 8.14. The lowest BCUT2D eigenvalue weighted by atomic mass is 9.74. The maximum absolute atomic E-state index is 13.2. The van der Waals surface area contributed by atoms with Gasteiger partial charge in [0.25, 0.3) is 5.91 Å². The van der Waals surface area contributed by atoms with E-state index in [1.165, 1.54) is 16.5 Å². The van der Waals surface area contributed by atoms with Gasteiger partial charge in [0.2, 0.25) is 11.8 Å². The van der Waals surface area contributed by atoms with Gasteiger partial charge in [0.1, 0.15) is 11.8 Å². The van der Waals surface area contributed by atoms with E-state index in [1.54, 1.807) is 4.90 Å². The van der Waals surface area contributed by atoms with E-state index in [4.69, 9.17) is 4.74 Å². The third-order valence-corrected chi connectivity index (χ3v) is 8.76. The predicted octanol–water partition coefficient (Wildman–Crippen LogP) is 2.26. The van der Waals surface area contributed by atoms with E-state index >= 15 is 0 Å². The third-order valence-electron chi connectivity index (χ3n) is 8.76. The molecule has 1 unspecified atom stereocenters. The van der Waals surface area contributed by atoms with Gasteiger partial charge < -0.3 is 9.64 Å². The summed E-state index contributed by atoms with van der Waals surface area (Å²) < 4.78 is 8.20. The van der Waals surface area contributed by atoms with Crippen LogP contribution in [0, 0.1) is 0 Å². The van der Waals surface area contributed by atoms with Crippen LogP contribution in [0.15, 0.2) is 36.5 Å². The number of benzene rings is 2. The Labute approximate surface area is 214 Å². The molecule has 1 atom stereocenters. The minimum absolute atomic E-state index is 0.0424. The van der Waals surface area contributed by atoms with E-state index < -0.39 is 6.04 Å². The number of nitrogens with zero attached hydrogens (tertiary/aromatic N) is 4. The first-order chi connectivity index (χ1) is 17.9. The molecule has 3 amide bonds. The zero-order chi connectivity index (χ0) is 25.3. The molecule has 3 aromatic rings. The van der Waals surface area contributed by atoms with E-state index in [-0.39, 0.29) is 29.6 Å². The van der Waals surface area contributed by atoms with Gasteiger partial charge in [-0.25, -0.2) is 0 Å². The monoisotopic (exact) mass is 499 g/mol. The number of aromatic nitrogens is 2. The quantitative estimate of drug-likeness (QED) is 0.556. The minimum Gasteiger partial charge on any atom is -0.492 e. The van der Waals surface area contributed by atoms with Crippen LogP contribution in [0.3, 0.4) is 0 Å². The van der Waals surface area contributed by atoms with Crippen LogP contribution < -0.4 is 10.1 Å². The fourth-order valence-electron chi connectivity index (χ4n) is 6.61. The third kappa shape index (κ3) is 3.48. The number of piperidine rings is 2. The van der Waals surface area contributed by atoms with Gasteiger partial charge in [-0.2, -0.15) is 5.10 Å². The zero-order valence-electron chi connectivity index (χ0n) is 20.8. The molecule has 4 aliphatic rings. The summed E-state index contributed by atoms with van der Waals surface area (Å²) in [6, 6.07) is 9.93. The highest BCUT2D eigenvalue weighted by molar-refractivity contribution is 6.05. The summed E-state index contributed by atoms with van der Waals surface area (Å²) in [5, 5.41) is 7.89. The van der Waals surface area contributed by atoms with Crippen molar-refractivity contribution in [2.75, 3.05) is 19.7 Å². The second-order valence-electron chi connectivity index (χ2n) is 10.9. The Morgan fingerprint density at radius 2 is 1.97 bits per heavy atom. The van der Waals surface area contributed by atoms with Crippen molar-refractivity contribution in [2.24, 2.45) is 7.05 Å². The van der Waals surface area contributed by atoms with E-state index in [9.17, 15) is 14.4 Å². The first kappa shape index (κ1) is 22.5. The van der Waals surface area contributed by atoms with Crippen LogP contribution in [0.2, 0.25) is 0 Å². The average Bonchev–Trinajstić information content (AvgIpc) is 3.55. The Kier molecular flexibility index (Phi) is 4.95. The fourth-order valence-corrected chi connectivity index (χ4v) is 6.61. The number of hydrogen-bond donors (Lipinski definition) is 1. The van der Waals surface area contributed by atoms with Crippen molar-refractivity contribution < 1.29 is 19.1 Å². The van der Waals surface area contributed by atoms with Gasteiger partial charge in [-0.05, 0) is 56.1 Å². The Bertz CT molecular complexity index is 1470. The molecule has 7 rings (SSSR count). The molecule has 2 aromatic carbocycles. The summed E-state index contributed by atoms with van der Waals surface area (Å²) in [6.07, 6.45) is 4.53. The van der Waals surface area contributed by atoms with Gasteiger partial charge in [-0.3, -0.25) is 29.3 Å². The minimum atomic E-state index is -0.613. The predicted molar refractivity (Wildman–Crippen MR) is 135 cm³/mol. The van der Waals surface area contributed by atoms with Gasteiger partial charge in [0.15, 0.2) is 0 Å². The number of likely N-dealkylation sites (tertiary alicyclic amines) is 1. The van der Waals surface area contributed by atoms with Crippen LogP contribution in [-0.4, -0.2) is 63.0 Å². The zero-order valence-corrected chi connectivity index (χ0v) is 20.8. The van der Waals surface area contributed by atoms with Gasteiger partial charge in [-0.1, -0.05) is 12.1 Å². The molecule has 2 fully saturated rings. The smallest absolute Gasteiger partial charge is 0.255 e. The molecule has 37 heavy (non-hydrogen) atoms. The Balaban J connectivity index is 1.07. The number of ether oxygens (including phenoxy) is 1. The lowest BCUT2D eigenvalue weighted by Crippen LogP contribution is -2.52. The molecule has 9 nitrogen and oxygen atoms in total. The molecule has 190 valence electrons. The topological polar surface area (TPSA) is 96.8 Å². The van der Waals surface area contributed by atoms with Crippen LogP contribution >= 0.6 is 0 Å². The molecule has 1 aromatic heterocycles. The maximum atomic E-state index is 13.2. The number of carbonyl (C=O) groups excluding carboxylic acids is 3. The van der Waals surface area contributed by atoms with Gasteiger partial charge >= 0.3 is 0 Å². The summed E-state index contributed by atoms with van der Waals surface area (Å²) in [5.74, 6) is 0.00964. The Morgan fingerprint density at radius 1 is 1.14 bits per heavy atom. The van der Waals surface area contributed by atoms with Crippen molar-refractivity contribution in [1.29, 1.82) is 0 Å². The van der Waals surface area contributed by atoms with Crippen LogP contribution in [0.5, 0.6) is 5.75 Å². The van der Waals surface area contributed by atoms with Crippen LogP contribution in [0.25, 0.3) is 10.9 Å². The number of rotatable bonds is 3. The van der Waals surface area contributed by atoms with Gasteiger partial charge in [0, 0.05) is 47.5 Å². The lowest BCUT2D eigenvalue weighted by molar-refractivity contribution is -0.136. The van der Waals surface area contributed by atoms with Crippen LogP contribution in [0.4, 0.5) is 0 Å². The Hall–Kier alpha value is -3.72. The molecule has 0 radical (unpaired) electrons. The molecule has 0 saturated carbocycles. The van der Waals surface area contributed by atoms with Crippen molar-refractivity contribution in [3.05, 3.63) is 58.8 Å². The largest absolute Gasteiger partial charge is 0.492 e. The van der Waals surface area contributed by atoms with E-state index in [0.717, 1.165) is 49.3 Å². The number of nitrogens with one attached hydrogen (secondary N) is 1. The van der Waals surface area contributed by atoms with E-state index in [1.807, 2.05) is 24.0 Å². The van der Waals surface area contributed by atoms with Crippen molar-refractivity contribution in [3.8, 4) is 5.75 Å². The second-order valence-corrected chi connectivity index (χ2v) is 10.9. The normalized spacial score (nSPS) is 22.9. The highest BCUT2D eigenvalue weighted by Gasteiger charge is 2.47. The molecule has 4 aliphatic heterocycles. The van der Waals surface area contributed by atoms with E-state index in [0.29, 0.717) is 25.1 Å². The Morgan fingerprint density at radius 3 is 2.78 bits per heavy atom. The van der Waals surface area contributed by atoms with Crippen molar-refractivity contribution in [2.45, 2.75) is 50.2 Å². The molecule has 0 aliphatic carbocycles. The number of hydrogen-bond acceptors (Lipinski definition) is 6. The number of aryl methyl sites for hydroxylation is 1. The standard InChI is InChI=1S/C28H29N5O4/c1-31-22-5-2-17(12-18(22)13-29-31)14-32-10-8-28(9-11-32)16-37-25-20-15-33(23-6-7-24(34)30-26(23)35)27(36)19(20)3-4-21(25)28/h2-5,12-13,23H,6-11,14-16H2,1H3,(H,30,34,35). The molecular weight excluding hydrogens is 470 g/mol. The van der Waals surface area contributed by atoms with Crippen LogP contribution in [-0.2, 0) is 35.1 Å². The first-order valence-corrected chi connectivity index (χ1v) is 13.0. The molecule has 2 saturated heterocycles. The molecule has 0 bridgehead atoms. The molecule has 5 heterocycles. The summed E-state index contributed by atoms with van der Waals surface area (Å²) in [7, 11) is 1.96. The number of imide groups is 1.